The molecule has 1 saturated carbocycles. The molecule has 2 unspecified atom stereocenters. The summed E-state index contributed by atoms with van der Waals surface area (Å²) in [6.07, 6.45) is 6.21. The van der Waals surface area contributed by atoms with Gasteiger partial charge in [-0.05, 0) is 28.8 Å². The Hall–Kier alpha value is -0.680. The highest BCUT2D eigenvalue weighted by atomic mass is 79.9. The molecule has 4 nitrogen and oxygen atoms in total. The summed E-state index contributed by atoms with van der Waals surface area (Å²) >= 11 is 3.37. The third kappa shape index (κ3) is 2.66. The minimum Gasteiger partial charge on any atom is -0.393 e. The summed E-state index contributed by atoms with van der Waals surface area (Å²) in [5.74, 6) is 1.15. The van der Waals surface area contributed by atoms with Crippen LogP contribution in [0.25, 0.3) is 0 Å². The van der Waals surface area contributed by atoms with Gasteiger partial charge in [-0.1, -0.05) is 6.42 Å². The summed E-state index contributed by atoms with van der Waals surface area (Å²) in [4.78, 5) is 8.01. The molecule has 0 aromatic carbocycles. The van der Waals surface area contributed by atoms with Crippen LogP contribution >= 0.6 is 15.9 Å². The second-order valence-corrected chi connectivity index (χ2v) is 4.71. The zero-order valence-electron chi connectivity index (χ0n) is 8.36. The van der Waals surface area contributed by atoms with Crippen molar-refractivity contribution in [2.24, 2.45) is 5.92 Å². The number of halogens is 1. The molecule has 0 spiro atoms. The fourth-order valence-electron chi connectivity index (χ4n) is 1.93. The van der Waals surface area contributed by atoms with Crippen molar-refractivity contribution in [3.63, 3.8) is 0 Å². The Labute approximate surface area is 97.3 Å². The van der Waals surface area contributed by atoms with Gasteiger partial charge in [0.1, 0.15) is 12.1 Å². The SMILES string of the molecule is OC1CCCC1CNc1ncncc1Br. The zero-order chi connectivity index (χ0) is 10.7. The minimum atomic E-state index is -0.155. The number of anilines is 1. The summed E-state index contributed by atoms with van der Waals surface area (Å²) in [6.45, 7) is 0.775. The first kappa shape index (κ1) is 10.8. The van der Waals surface area contributed by atoms with Gasteiger partial charge in [0.05, 0.1) is 10.6 Å². The number of aromatic nitrogens is 2. The zero-order valence-corrected chi connectivity index (χ0v) is 9.94. The molecule has 82 valence electrons. The predicted octanol–water partition coefficient (Wildman–Crippen LogP) is 1.81. The molecule has 15 heavy (non-hydrogen) atoms. The lowest BCUT2D eigenvalue weighted by Gasteiger charge is -2.15. The van der Waals surface area contributed by atoms with Gasteiger partial charge in [-0.25, -0.2) is 9.97 Å². The first-order valence-electron chi connectivity index (χ1n) is 5.15. The van der Waals surface area contributed by atoms with Crippen molar-refractivity contribution in [2.45, 2.75) is 25.4 Å². The third-order valence-corrected chi connectivity index (χ3v) is 3.40. The number of nitrogens with zero attached hydrogens (tertiary/aromatic N) is 2. The molecule has 0 radical (unpaired) electrons. The fraction of sp³-hybridized carbons (Fsp3) is 0.600. The second-order valence-electron chi connectivity index (χ2n) is 3.86. The fourth-order valence-corrected chi connectivity index (χ4v) is 2.29. The summed E-state index contributed by atoms with van der Waals surface area (Å²) in [5.41, 5.74) is 0. The first-order valence-corrected chi connectivity index (χ1v) is 5.94. The Bertz CT molecular complexity index is 334. The van der Waals surface area contributed by atoms with E-state index in [1.807, 2.05) is 0 Å². The van der Waals surface area contributed by atoms with Crippen molar-refractivity contribution in [1.82, 2.24) is 9.97 Å². The molecular weight excluding hydrogens is 258 g/mol. The van der Waals surface area contributed by atoms with Gasteiger partial charge in [0, 0.05) is 18.7 Å². The van der Waals surface area contributed by atoms with E-state index in [0.717, 1.165) is 36.1 Å². The van der Waals surface area contributed by atoms with Gasteiger partial charge < -0.3 is 10.4 Å². The lowest BCUT2D eigenvalue weighted by Crippen LogP contribution is -2.22. The van der Waals surface area contributed by atoms with Gasteiger partial charge in [0.25, 0.3) is 0 Å². The van der Waals surface area contributed by atoms with E-state index >= 15 is 0 Å². The molecule has 5 heteroatoms. The lowest BCUT2D eigenvalue weighted by atomic mass is 10.1. The van der Waals surface area contributed by atoms with Crippen LogP contribution in [0.2, 0.25) is 0 Å². The van der Waals surface area contributed by atoms with Crippen molar-refractivity contribution in [2.75, 3.05) is 11.9 Å². The molecule has 1 aromatic rings. The van der Waals surface area contributed by atoms with Crippen LogP contribution in [0.3, 0.4) is 0 Å². The van der Waals surface area contributed by atoms with Gasteiger partial charge >= 0.3 is 0 Å². The Morgan fingerprint density at radius 3 is 3.07 bits per heavy atom. The monoisotopic (exact) mass is 271 g/mol. The Morgan fingerprint density at radius 1 is 1.53 bits per heavy atom. The molecule has 0 saturated heterocycles. The van der Waals surface area contributed by atoms with E-state index in [1.54, 1.807) is 6.20 Å². The number of hydrogen-bond donors (Lipinski definition) is 2. The highest BCUT2D eigenvalue weighted by Gasteiger charge is 2.24. The van der Waals surface area contributed by atoms with Gasteiger partial charge in [0.2, 0.25) is 0 Å². The summed E-state index contributed by atoms with van der Waals surface area (Å²) < 4.78 is 0.859. The molecule has 0 bridgehead atoms. The molecule has 0 aliphatic heterocycles. The van der Waals surface area contributed by atoms with Crippen LogP contribution in [0.5, 0.6) is 0 Å². The Balaban J connectivity index is 1.90. The van der Waals surface area contributed by atoms with Crippen molar-refractivity contribution in [1.29, 1.82) is 0 Å². The van der Waals surface area contributed by atoms with Crippen molar-refractivity contribution in [3.8, 4) is 0 Å². The number of rotatable bonds is 3. The van der Waals surface area contributed by atoms with E-state index in [4.69, 9.17) is 0 Å². The second kappa shape index (κ2) is 4.90. The smallest absolute Gasteiger partial charge is 0.143 e. The molecule has 2 N–H and O–H groups in total. The first-order chi connectivity index (χ1) is 7.27. The number of aliphatic hydroxyl groups excluding tert-OH is 1. The van der Waals surface area contributed by atoms with E-state index in [1.165, 1.54) is 6.33 Å². The molecule has 1 heterocycles. The lowest BCUT2D eigenvalue weighted by molar-refractivity contribution is 0.138. The maximum absolute atomic E-state index is 9.65. The van der Waals surface area contributed by atoms with E-state index in [-0.39, 0.29) is 6.10 Å². The van der Waals surface area contributed by atoms with Crippen LogP contribution in [0.15, 0.2) is 17.0 Å². The largest absolute Gasteiger partial charge is 0.393 e. The van der Waals surface area contributed by atoms with Crippen molar-refractivity contribution in [3.05, 3.63) is 17.0 Å². The molecule has 1 fully saturated rings. The van der Waals surface area contributed by atoms with Crippen molar-refractivity contribution < 1.29 is 5.11 Å². The Kier molecular flexibility index (Phi) is 3.53. The van der Waals surface area contributed by atoms with E-state index in [0.29, 0.717) is 5.92 Å². The van der Waals surface area contributed by atoms with Crippen LogP contribution in [-0.4, -0.2) is 27.7 Å². The van der Waals surface area contributed by atoms with Gasteiger partial charge in [0.15, 0.2) is 0 Å². The van der Waals surface area contributed by atoms with Crippen LogP contribution in [-0.2, 0) is 0 Å². The summed E-state index contributed by atoms with van der Waals surface area (Å²) in [7, 11) is 0. The van der Waals surface area contributed by atoms with Crippen LogP contribution in [0, 0.1) is 5.92 Å². The number of hydrogen-bond acceptors (Lipinski definition) is 4. The predicted molar refractivity (Wildman–Crippen MR) is 61.6 cm³/mol. The van der Waals surface area contributed by atoms with Gasteiger partial charge in [-0.2, -0.15) is 0 Å². The molecule has 1 aliphatic carbocycles. The van der Waals surface area contributed by atoms with Gasteiger partial charge in [-0.3, -0.25) is 0 Å². The maximum Gasteiger partial charge on any atom is 0.143 e. The third-order valence-electron chi connectivity index (χ3n) is 2.82. The van der Waals surface area contributed by atoms with E-state index in [2.05, 4.69) is 31.2 Å². The van der Waals surface area contributed by atoms with Crippen molar-refractivity contribution >= 4 is 21.7 Å². The van der Waals surface area contributed by atoms with Crippen LogP contribution in [0.1, 0.15) is 19.3 Å². The molecule has 1 aliphatic rings. The molecule has 2 rings (SSSR count). The highest BCUT2D eigenvalue weighted by molar-refractivity contribution is 9.10. The standard InChI is InChI=1S/C10H14BrN3O/c11-8-5-12-6-14-10(8)13-4-7-2-1-3-9(7)15/h5-7,9,15H,1-4H2,(H,12,13,14). The topological polar surface area (TPSA) is 58.0 Å². The van der Waals surface area contributed by atoms with Crippen LogP contribution < -0.4 is 5.32 Å². The Morgan fingerprint density at radius 2 is 2.40 bits per heavy atom. The minimum absolute atomic E-state index is 0.155. The number of aliphatic hydroxyl groups is 1. The average Bonchev–Trinajstić information content (AvgIpc) is 2.63. The summed E-state index contributed by atoms with van der Waals surface area (Å²) in [6, 6.07) is 0. The van der Waals surface area contributed by atoms with Crippen LogP contribution in [0.4, 0.5) is 5.82 Å². The number of nitrogens with one attached hydrogen (secondary N) is 1. The molecule has 0 amide bonds. The van der Waals surface area contributed by atoms with Gasteiger partial charge in [-0.15, -0.1) is 0 Å². The molecule has 1 aromatic heterocycles. The maximum atomic E-state index is 9.65. The highest BCUT2D eigenvalue weighted by Crippen LogP contribution is 2.26. The van der Waals surface area contributed by atoms with E-state index in [9.17, 15) is 5.11 Å². The quantitative estimate of drug-likeness (QED) is 0.881. The average molecular weight is 272 g/mol. The molecular formula is C10H14BrN3O. The summed E-state index contributed by atoms with van der Waals surface area (Å²) in [5, 5.41) is 12.9. The van der Waals surface area contributed by atoms with E-state index < -0.39 is 0 Å². The molecule has 2 atom stereocenters. The normalized spacial score (nSPS) is 25.5.